The highest BCUT2D eigenvalue weighted by Crippen LogP contribution is 2.40. The molecule has 0 spiro atoms. The smallest absolute Gasteiger partial charge is 0.235 e. The van der Waals surface area contributed by atoms with Crippen LogP contribution in [0.2, 0.25) is 0 Å². The van der Waals surface area contributed by atoms with Gasteiger partial charge in [0.25, 0.3) is 0 Å². The Morgan fingerprint density at radius 1 is 1.52 bits per heavy atom. The van der Waals surface area contributed by atoms with Crippen molar-refractivity contribution in [3.63, 3.8) is 0 Å². The van der Waals surface area contributed by atoms with Crippen LogP contribution in [0.4, 0.5) is 5.00 Å². The number of aromatic nitrogens is 3. The molecule has 8 heteroatoms. The monoisotopic (exact) mass is 429 g/mol. The largest absolute Gasteiger partial charge is 0.316 e. The van der Waals surface area contributed by atoms with E-state index in [-0.39, 0.29) is 17.6 Å². The normalized spacial score (nSPS) is 15.8. The molecule has 0 aromatic carbocycles. The third-order valence-corrected chi connectivity index (χ3v) is 7.35. The van der Waals surface area contributed by atoms with Crippen LogP contribution in [0, 0.1) is 17.2 Å². The van der Waals surface area contributed by atoms with Crippen molar-refractivity contribution in [3.8, 4) is 6.07 Å². The number of hydrogen-bond acceptors (Lipinski definition) is 6. The molecule has 1 unspecified atom stereocenters. The van der Waals surface area contributed by atoms with Gasteiger partial charge in [-0.15, -0.1) is 28.1 Å². The molecule has 0 fully saturated rings. The van der Waals surface area contributed by atoms with E-state index in [4.69, 9.17) is 0 Å². The molecule has 0 saturated carbocycles. The summed E-state index contributed by atoms with van der Waals surface area (Å²) in [4.78, 5) is 13.8. The number of hydrogen-bond donors (Lipinski definition) is 1. The highest BCUT2D eigenvalue weighted by atomic mass is 32.2. The van der Waals surface area contributed by atoms with Crippen molar-refractivity contribution in [2.24, 2.45) is 5.92 Å². The molecule has 0 saturated heterocycles. The highest BCUT2D eigenvalue weighted by Gasteiger charge is 2.26. The summed E-state index contributed by atoms with van der Waals surface area (Å²) in [6, 6.07) is 2.31. The Morgan fingerprint density at radius 3 is 2.97 bits per heavy atom. The Labute approximate surface area is 180 Å². The lowest BCUT2D eigenvalue weighted by Crippen LogP contribution is -2.15. The van der Waals surface area contributed by atoms with Crippen molar-refractivity contribution in [2.75, 3.05) is 11.1 Å². The number of carbonyl (C=O) groups excluding carboxylic acids is 1. The average Bonchev–Trinajstić information content (AvgIpc) is 3.26. The fourth-order valence-electron chi connectivity index (χ4n) is 3.64. The summed E-state index contributed by atoms with van der Waals surface area (Å²) in [5.74, 6) is 1.90. The van der Waals surface area contributed by atoms with E-state index in [0.717, 1.165) is 37.1 Å². The van der Waals surface area contributed by atoms with Crippen LogP contribution in [0.15, 0.2) is 17.8 Å². The van der Waals surface area contributed by atoms with Gasteiger partial charge in [-0.1, -0.05) is 45.0 Å². The first-order valence-electron chi connectivity index (χ1n) is 9.99. The van der Waals surface area contributed by atoms with Crippen molar-refractivity contribution >= 4 is 34.0 Å². The molecule has 3 rings (SSSR count). The van der Waals surface area contributed by atoms with Crippen molar-refractivity contribution < 1.29 is 4.79 Å². The molecule has 1 aliphatic rings. The van der Waals surface area contributed by atoms with Gasteiger partial charge < -0.3 is 9.88 Å². The number of nitriles is 1. The summed E-state index contributed by atoms with van der Waals surface area (Å²) in [5, 5.41) is 22.5. The Balaban J connectivity index is 1.69. The second kappa shape index (κ2) is 9.59. The Bertz CT molecular complexity index is 938. The number of rotatable bonds is 8. The zero-order valence-electron chi connectivity index (χ0n) is 17.2. The first kappa shape index (κ1) is 21.6. The predicted molar refractivity (Wildman–Crippen MR) is 119 cm³/mol. The van der Waals surface area contributed by atoms with E-state index in [1.165, 1.54) is 16.6 Å². The van der Waals surface area contributed by atoms with Crippen LogP contribution >= 0.6 is 23.1 Å². The number of nitrogens with one attached hydrogen (secondary N) is 1. The summed E-state index contributed by atoms with van der Waals surface area (Å²) < 4.78 is 1.99. The van der Waals surface area contributed by atoms with Gasteiger partial charge in [-0.2, -0.15) is 5.26 Å². The maximum absolute atomic E-state index is 12.6. The molecule has 2 aromatic heterocycles. The number of amides is 1. The number of allylic oxidation sites excluding steroid dienone is 1. The molecule has 29 heavy (non-hydrogen) atoms. The second-order valence-electron chi connectivity index (χ2n) is 7.57. The number of anilines is 1. The van der Waals surface area contributed by atoms with E-state index >= 15 is 0 Å². The number of thiophene rings is 1. The second-order valence-corrected chi connectivity index (χ2v) is 9.62. The van der Waals surface area contributed by atoms with Gasteiger partial charge in [0.2, 0.25) is 5.91 Å². The molecule has 1 aliphatic carbocycles. The first-order chi connectivity index (χ1) is 14.0. The van der Waals surface area contributed by atoms with E-state index in [2.05, 4.69) is 48.9 Å². The van der Waals surface area contributed by atoms with Gasteiger partial charge in [-0.05, 0) is 30.7 Å². The summed E-state index contributed by atoms with van der Waals surface area (Å²) in [6.07, 6.45) is 6.02. The Hall–Kier alpha value is -2.11. The van der Waals surface area contributed by atoms with Gasteiger partial charge in [0, 0.05) is 17.3 Å². The van der Waals surface area contributed by atoms with Gasteiger partial charge in [0.15, 0.2) is 5.16 Å². The van der Waals surface area contributed by atoms with E-state index < -0.39 is 0 Å². The minimum atomic E-state index is -0.128. The Kier molecular flexibility index (Phi) is 7.14. The Morgan fingerprint density at radius 2 is 2.31 bits per heavy atom. The quantitative estimate of drug-likeness (QED) is 0.483. The van der Waals surface area contributed by atoms with E-state index in [9.17, 15) is 10.1 Å². The number of carbonyl (C=O) groups is 1. The van der Waals surface area contributed by atoms with E-state index in [1.807, 2.05) is 4.57 Å². The molecule has 0 bridgehead atoms. The van der Waals surface area contributed by atoms with E-state index in [0.29, 0.717) is 28.2 Å². The van der Waals surface area contributed by atoms with Crippen LogP contribution in [-0.4, -0.2) is 26.4 Å². The van der Waals surface area contributed by atoms with Crippen LogP contribution in [0.3, 0.4) is 0 Å². The van der Waals surface area contributed by atoms with Gasteiger partial charge >= 0.3 is 0 Å². The molecule has 0 aliphatic heterocycles. The van der Waals surface area contributed by atoms with Gasteiger partial charge in [-0.25, -0.2) is 0 Å². The fourth-order valence-corrected chi connectivity index (χ4v) is 5.72. The van der Waals surface area contributed by atoms with Crippen LogP contribution in [-0.2, 0) is 24.2 Å². The predicted octanol–water partition coefficient (Wildman–Crippen LogP) is 4.77. The van der Waals surface area contributed by atoms with Crippen molar-refractivity contribution in [3.05, 3.63) is 34.5 Å². The van der Waals surface area contributed by atoms with Crippen LogP contribution in [0.25, 0.3) is 0 Å². The summed E-state index contributed by atoms with van der Waals surface area (Å²) in [5.41, 5.74) is 1.78. The third kappa shape index (κ3) is 4.73. The fraction of sp³-hybridized carbons (Fsp3) is 0.524. The first-order valence-corrected chi connectivity index (χ1v) is 11.8. The topological polar surface area (TPSA) is 83.6 Å². The molecule has 0 radical (unpaired) electrons. The maximum atomic E-state index is 12.6. The molecule has 1 amide bonds. The average molecular weight is 430 g/mol. The lowest BCUT2D eigenvalue weighted by molar-refractivity contribution is -0.113. The minimum absolute atomic E-state index is 0.128. The summed E-state index contributed by atoms with van der Waals surface area (Å²) >= 11 is 2.92. The van der Waals surface area contributed by atoms with Crippen LogP contribution in [0.5, 0.6) is 0 Å². The van der Waals surface area contributed by atoms with Gasteiger partial charge in [-0.3, -0.25) is 4.79 Å². The SMILES string of the molecule is C=CCn1c(SCC(=O)Nc2sc3c(c2C#N)CCC(CC)C3)nnc1C(C)C. The lowest BCUT2D eigenvalue weighted by Gasteiger charge is -2.20. The maximum Gasteiger partial charge on any atom is 0.235 e. The summed E-state index contributed by atoms with van der Waals surface area (Å²) in [6.45, 7) is 10.7. The zero-order valence-corrected chi connectivity index (χ0v) is 18.8. The molecule has 2 aromatic rings. The molecule has 6 nitrogen and oxygen atoms in total. The van der Waals surface area contributed by atoms with Crippen LogP contribution < -0.4 is 5.32 Å². The zero-order chi connectivity index (χ0) is 21.0. The van der Waals surface area contributed by atoms with Gasteiger partial charge in [0.05, 0.1) is 11.3 Å². The van der Waals surface area contributed by atoms with Crippen LogP contribution in [0.1, 0.15) is 61.4 Å². The van der Waals surface area contributed by atoms with Crippen molar-refractivity contribution in [1.29, 1.82) is 5.26 Å². The molecule has 1 atom stereocenters. The van der Waals surface area contributed by atoms with Crippen molar-refractivity contribution in [2.45, 2.75) is 64.1 Å². The molecule has 154 valence electrons. The standard InChI is InChI=1S/C21H27N5OS2/c1-5-9-26-19(13(3)4)24-25-21(26)28-12-18(27)23-20-16(11-22)15-8-7-14(6-2)10-17(15)29-20/h5,13-14H,1,6-10,12H2,2-4H3,(H,23,27). The molecular weight excluding hydrogens is 402 g/mol. The molecule has 1 N–H and O–H groups in total. The minimum Gasteiger partial charge on any atom is -0.316 e. The van der Waals surface area contributed by atoms with Gasteiger partial charge in [0.1, 0.15) is 16.9 Å². The van der Waals surface area contributed by atoms with E-state index in [1.54, 1.807) is 17.4 Å². The lowest BCUT2D eigenvalue weighted by atomic mass is 9.86. The molecular formula is C21H27N5OS2. The number of nitrogens with zero attached hydrogens (tertiary/aromatic N) is 4. The number of thioether (sulfide) groups is 1. The summed E-state index contributed by atoms with van der Waals surface area (Å²) in [7, 11) is 0. The van der Waals surface area contributed by atoms with Crippen molar-refractivity contribution in [1.82, 2.24) is 14.8 Å². The highest BCUT2D eigenvalue weighted by molar-refractivity contribution is 7.99. The molecule has 2 heterocycles. The number of fused-ring (bicyclic) bond motifs is 1. The third-order valence-electron chi connectivity index (χ3n) is 5.22.